The van der Waals surface area contributed by atoms with Crippen LogP contribution in [0.2, 0.25) is 0 Å². The van der Waals surface area contributed by atoms with Crippen molar-refractivity contribution < 1.29 is 23.1 Å². The summed E-state index contributed by atoms with van der Waals surface area (Å²) in [5.74, 6) is -1.71. The lowest BCUT2D eigenvalue weighted by Gasteiger charge is -2.25. The van der Waals surface area contributed by atoms with Gasteiger partial charge in [0, 0.05) is 11.3 Å². The smallest absolute Gasteiger partial charge is 0.363 e. The van der Waals surface area contributed by atoms with Gasteiger partial charge in [-0.15, -0.1) is 11.3 Å². The maximum atomic E-state index is 12.5. The average Bonchev–Trinajstić information content (AvgIpc) is 2.71. The van der Waals surface area contributed by atoms with Crippen molar-refractivity contribution in [1.29, 1.82) is 0 Å². The minimum absolute atomic E-state index is 0.526. The van der Waals surface area contributed by atoms with Gasteiger partial charge in [0.05, 0.1) is 5.92 Å². The lowest BCUT2D eigenvalue weighted by atomic mass is 10.0. The standard InChI is InChI=1S/C9H8F3NO2S/c10-9(11,12)8(15)4-5(7(14)13-8)6-2-1-3-16-6/h1-3,5,15H,4H2,(H,13,14)/t5-,8-/m0/s1. The van der Waals surface area contributed by atoms with Gasteiger partial charge in [-0.1, -0.05) is 6.07 Å². The molecule has 16 heavy (non-hydrogen) atoms. The first-order valence-electron chi connectivity index (χ1n) is 4.48. The summed E-state index contributed by atoms with van der Waals surface area (Å²) in [5.41, 5.74) is -3.10. The van der Waals surface area contributed by atoms with Crippen LogP contribution < -0.4 is 5.32 Å². The SMILES string of the molecule is O=C1N[C@@](O)(C(F)(F)F)C[C@H]1c1cccs1. The number of aliphatic hydroxyl groups is 1. The van der Waals surface area contributed by atoms with Gasteiger partial charge >= 0.3 is 6.18 Å². The maximum Gasteiger partial charge on any atom is 0.436 e. The molecule has 1 aliphatic heterocycles. The molecule has 2 heterocycles. The Balaban J connectivity index is 2.26. The number of carbonyl (C=O) groups excluding carboxylic acids is 1. The van der Waals surface area contributed by atoms with Crippen LogP contribution >= 0.6 is 11.3 Å². The van der Waals surface area contributed by atoms with E-state index in [1.165, 1.54) is 11.3 Å². The van der Waals surface area contributed by atoms with Crippen LogP contribution in [0, 0.1) is 0 Å². The van der Waals surface area contributed by atoms with Crippen molar-refractivity contribution in [3.63, 3.8) is 0 Å². The molecule has 1 aromatic rings. The van der Waals surface area contributed by atoms with Gasteiger partial charge in [-0.3, -0.25) is 4.79 Å². The van der Waals surface area contributed by atoms with E-state index in [0.717, 1.165) is 0 Å². The van der Waals surface area contributed by atoms with Gasteiger partial charge in [0.25, 0.3) is 0 Å². The molecule has 1 saturated heterocycles. The normalized spacial score (nSPS) is 30.5. The molecule has 0 bridgehead atoms. The fourth-order valence-corrected chi connectivity index (χ4v) is 2.46. The molecule has 0 saturated carbocycles. The van der Waals surface area contributed by atoms with Crippen molar-refractivity contribution in [2.45, 2.75) is 24.2 Å². The third kappa shape index (κ3) is 1.69. The topological polar surface area (TPSA) is 49.3 Å². The molecule has 0 radical (unpaired) electrons. The fourth-order valence-electron chi connectivity index (χ4n) is 1.64. The molecule has 0 spiro atoms. The largest absolute Gasteiger partial charge is 0.436 e. The van der Waals surface area contributed by atoms with Gasteiger partial charge in [-0.05, 0) is 11.4 Å². The Morgan fingerprint density at radius 2 is 2.25 bits per heavy atom. The Morgan fingerprint density at radius 1 is 1.56 bits per heavy atom. The third-order valence-electron chi connectivity index (χ3n) is 2.50. The summed E-state index contributed by atoms with van der Waals surface area (Å²) in [6.45, 7) is 0. The van der Waals surface area contributed by atoms with Crippen LogP contribution in [0.3, 0.4) is 0 Å². The second-order valence-electron chi connectivity index (χ2n) is 3.62. The number of thiophene rings is 1. The van der Waals surface area contributed by atoms with Crippen LogP contribution in [-0.2, 0) is 4.79 Å². The molecule has 7 heteroatoms. The number of nitrogens with one attached hydrogen (secondary N) is 1. The third-order valence-corrected chi connectivity index (χ3v) is 3.49. The molecular formula is C9H8F3NO2S. The molecule has 3 nitrogen and oxygen atoms in total. The molecule has 1 amide bonds. The second kappa shape index (κ2) is 3.46. The molecule has 1 fully saturated rings. The molecule has 2 N–H and O–H groups in total. The van der Waals surface area contributed by atoms with Crippen LogP contribution in [0.25, 0.3) is 0 Å². The minimum Gasteiger partial charge on any atom is -0.363 e. The van der Waals surface area contributed by atoms with Crippen LogP contribution in [0.5, 0.6) is 0 Å². The van der Waals surface area contributed by atoms with Crippen molar-refractivity contribution in [3.05, 3.63) is 22.4 Å². The highest BCUT2D eigenvalue weighted by Gasteiger charge is 2.60. The van der Waals surface area contributed by atoms with E-state index in [-0.39, 0.29) is 0 Å². The molecule has 2 atom stereocenters. The summed E-state index contributed by atoms with van der Waals surface area (Å²) in [4.78, 5) is 11.9. The van der Waals surface area contributed by atoms with E-state index >= 15 is 0 Å². The summed E-state index contributed by atoms with van der Waals surface area (Å²) in [6.07, 6.45) is -5.52. The van der Waals surface area contributed by atoms with E-state index in [1.54, 1.807) is 22.8 Å². The maximum absolute atomic E-state index is 12.5. The number of amides is 1. The van der Waals surface area contributed by atoms with Gasteiger partial charge in [0.15, 0.2) is 0 Å². The monoisotopic (exact) mass is 251 g/mol. The summed E-state index contributed by atoms with van der Waals surface area (Å²) in [5, 5.41) is 12.6. The van der Waals surface area contributed by atoms with Crippen LogP contribution in [0.4, 0.5) is 13.2 Å². The predicted octanol–water partition coefficient (Wildman–Crippen LogP) is 1.60. The molecule has 0 aliphatic carbocycles. The average molecular weight is 251 g/mol. The quantitative estimate of drug-likeness (QED) is 0.796. The highest BCUT2D eigenvalue weighted by molar-refractivity contribution is 7.10. The lowest BCUT2D eigenvalue weighted by molar-refractivity contribution is -0.266. The van der Waals surface area contributed by atoms with Crippen LogP contribution in [-0.4, -0.2) is 22.9 Å². The molecule has 2 rings (SSSR count). The van der Waals surface area contributed by atoms with Crippen molar-refractivity contribution in [3.8, 4) is 0 Å². The van der Waals surface area contributed by atoms with E-state index in [1.807, 2.05) is 0 Å². The number of rotatable bonds is 1. The van der Waals surface area contributed by atoms with Gasteiger partial charge < -0.3 is 10.4 Å². The van der Waals surface area contributed by atoms with E-state index < -0.39 is 30.1 Å². The first-order chi connectivity index (χ1) is 7.33. The summed E-state index contributed by atoms with van der Waals surface area (Å²) < 4.78 is 37.4. The fraction of sp³-hybridized carbons (Fsp3) is 0.444. The highest BCUT2D eigenvalue weighted by Crippen LogP contribution is 2.42. The second-order valence-corrected chi connectivity index (χ2v) is 4.60. The molecule has 1 aliphatic rings. The number of hydrogen-bond acceptors (Lipinski definition) is 3. The highest BCUT2D eigenvalue weighted by atomic mass is 32.1. The lowest BCUT2D eigenvalue weighted by Crippen LogP contribution is -2.53. The molecule has 88 valence electrons. The van der Waals surface area contributed by atoms with Gasteiger partial charge in [0.2, 0.25) is 11.6 Å². The number of hydrogen-bond donors (Lipinski definition) is 2. The zero-order chi connectivity index (χ0) is 12.0. The van der Waals surface area contributed by atoms with Crippen LogP contribution in [0.1, 0.15) is 17.2 Å². The van der Waals surface area contributed by atoms with Gasteiger partial charge in [-0.25, -0.2) is 0 Å². The Hall–Kier alpha value is -1.08. The first-order valence-corrected chi connectivity index (χ1v) is 5.36. The van der Waals surface area contributed by atoms with Crippen molar-refractivity contribution in [2.24, 2.45) is 0 Å². The summed E-state index contributed by atoms with van der Waals surface area (Å²) >= 11 is 1.20. The number of halogens is 3. The Morgan fingerprint density at radius 3 is 2.69 bits per heavy atom. The number of carbonyl (C=O) groups is 1. The van der Waals surface area contributed by atoms with E-state index in [2.05, 4.69) is 0 Å². The number of alkyl halides is 3. The zero-order valence-electron chi connectivity index (χ0n) is 7.91. The predicted molar refractivity (Wildman–Crippen MR) is 50.8 cm³/mol. The van der Waals surface area contributed by atoms with E-state index in [4.69, 9.17) is 0 Å². The molecule has 0 aromatic carbocycles. The summed E-state index contributed by atoms with van der Waals surface area (Å²) in [7, 11) is 0. The zero-order valence-corrected chi connectivity index (χ0v) is 8.73. The Bertz CT molecular complexity index is 403. The van der Waals surface area contributed by atoms with E-state index in [9.17, 15) is 23.1 Å². The van der Waals surface area contributed by atoms with Crippen molar-refractivity contribution in [1.82, 2.24) is 5.32 Å². The van der Waals surface area contributed by atoms with Gasteiger partial charge in [-0.2, -0.15) is 13.2 Å². The first kappa shape index (κ1) is 11.4. The molecule has 0 unspecified atom stereocenters. The Labute approximate surface area is 92.9 Å². The summed E-state index contributed by atoms with van der Waals surface area (Å²) in [6, 6.07) is 3.23. The molecular weight excluding hydrogens is 243 g/mol. The van der Waals surface area contributed by atoms with Crippen molar-refractivity contribution in [2.75, 3.05) is 0 Å². The minimum atomic E-state index is -4.85. The molecule has 1 aromatic heterocycles. The van der Waals surface area contributed by atoms with Crippen LogP contribution in [0.15, 0.2) is 17.5 Å². The Kier molecular flexibility index (Phi) is 2.47. The van der Waals surface area contributed by atoms with E-state index in [0.29, 0.717) is 4.88 Å². The van der Waals surface area contributed by atoms with Gasteiger partial charge in [0.1, 0.15) is 0 Å². The van der Waals surface area contributed by atoms with Crippen molar-refractivity contribution >= 4 is 17.2 Å².